The second-order valence-corrected chi connectivity index (χ2v) is 13.0. The van der Waals surface area contributed by atoms with Crippen LogP contribution in [0.25, 0.3) is 32.3 Å². The van der Waals surface area contributed by atoms with Crippen molar-refractivity contribution >= 4 is 68.0 Å². The third kappa shape index (κ3) is 6.98. The SMILES string of the molecule is CC(=O)OC1S[C@@H](COC(=O)c2ccc3ccccc3c2)[C@H](OC(=O)c2ccc3ccccc3c2)[C@H]1OC(=O)c1ccc2ccccc2c1. The van der Waals surface area contributed by atoms with Gasteiger partial charge < -0.3 is 18.9 Å². The lowest BCUT2D eigenvalue weighted by Gasteiger charge is -2.25. The number of rotatable bonds is 8. The van der Waals surface area contributed by atoms with Crippen molar-refractivity contribution in [2.45, 2.75) is 29.8 Å². The molecule has 4 atom stereocenters. The second kappa shape index (κ2) is 13.8. The zero-order valence-electron chi connectivity index (χ0n) is 26.3. The van der Waals surface area contributed by atoms with Crippen LogP contribution in [0.1, 0.15) is 38.0 Å². The molecule has 1 saturated heterocycles. The number of carbonyl (C=O) groups excluding carboxylic acids is 4. The molecule has 1 aliphatic heterocycles. The normalized spacial score (nSPS) is 18.6. The molecule has 0 bridgehead atoms. The number of fused-ring (bicyclic) bond motifs is 3. The summed E-state index contributed by atoms with van der Waals surface area (Å²) in [7, 11) is 0. The Hall–Kier alpha value is -5.67. The predicted molar refractivity (Wildman–Crippen MR) is 187 cm³/mol. The summed E-state index contributed by atoms with van der Waals surface area (Å²) in [5.74, 6) is -2.55. The Bertz CT molecular complexity index is 2230. The summed E-state index contributed by atoms with van der Waals surface area (Å²) in [5.41, 5.74) is -0.134. The summed E-state index contributed by atoms with van der Waals surface area (Å²) in [4.78, 5) is 52.7. The fourth-order valence-electron chi connectivity index (χ4n) is 5.92. The first-order chi connectivity index (χ1) is 23.8. The van der Waals surface area contributed by atoms with Crippen molar-refractivity contribution in [1.82, 2.24) is 0 Å². The molecule has 0 radical (unpaired) electrons. The number of hydrogen-bond acceptors (Lipinski definition) is 9. The smallest absolute Gasteiger partial charge is 0.338 e. The molecule has 0 aliphatic carbocycles. The molecule has 6 aromatic rings. The van der Waals surface area contributed by atoms with Crippen molar-refractivity contribution in [2.24, 2.45) is 0 Å². The van der Waals surface area contributed by atoms with Gasteiger partial charge in [0.2, 0.25) is 0 Å². The van der Waals surface area contributed by atoms with Crippen LogP contribution in [0.15, 0.2) is 127 Å². The summed E-state index contributed by atoms with van der Waals surface area (Å²) in [5, 5.41) is 4.70. The Labute approximate surface area is 285 Å². The van der Waals surface area contributed by atoms with Crippen LogP contribution in [0.5, 0.6) is 0 Å². The molecule has 8 nitrogen and oxygen atoms in total. The third-order valence-corrected chi connectivity index (χ3v) is 9.76. The number of benzene rings is 6. The molecule has 244 valence electrons. The van der Waals surface area contributed by atoms with Gasteiger partial charge in [0.15, 0.2) is 17.6 Å². The van der Waals surface area contributed by atoms with Crippen LogP contribution >= 0.6 is 11.8 Å². The average molecular weight is 671 g/mol. The van der Waals surface area contributed by atoms with Gasteiger partial charge in [0, 0.05) is 6.92 Å². The van der Waals surface area contributed by atoms with E-state index in [4.69, 9.17) is 18.9 Å². The fourth-order valence-corrected chi connectivity index (χ4v) is 7.34. The average Bonchev–Trinajstić information content (AvgIpc) is 3.43. The van der Waals surface area contributed by atoms with Crippen molar-refractivity contribution < 1.29 is 38.1 Å². The maximum atomic E-state index is 13.7. The summed E-state index contributed by atoms with van der Waals surface area (Å²) in [6.07, 6.45) is -2.34. The largest absolute Gasteiger partial charge is 0.461 e. The lowest BCUT2D eigenvalue weighted by molar-refractivity contribution is -0.148. The predicted octanol–water partition coefficient (Wildman–Crippen LogP) is 7.76. The minimum Gasteiger partial charge on any atom is -0.461 e. The number of esters is 4. The molecule has 0 spiro atoms. The minimum absolute atomic E-state index is 0.215. The van der Waals surface area contributed by atoms with Gasteiger partial charge >= 0.3 is 23.9 Å². The summed E-state index contributed by atoms with van der Waals surface area (Å²) >= 11 is 1.10. The van der Waals surface area contributed by atoms with Gasteiger partial charge in [-0.25, -0.2) is 14.4 Å². The molecule has 1 unspecified atom stereocenters. The Kier molecular flexibility index (Phi) is 9.00. The Balaban J connectivity index is 1.17. The van der Waals surface area contributed by atoms with Crippen molar-refractivity contribution in [3.63, 3.8) is 0 Å². The molecular formula is C40H30O8S. The van der Waals surface area contributed by atoms with E-state index in [2.05, 4.69) is 0 Å². The highest BCUT2D eigenvalue weighted by molar-refractivity contribution is 8.00. The molecule has 0 N–H and O–H groups in total. The Morgan fingerprint density at radius 3 is 1.37 bits per heavy atom. The van der Waals surface area contributed by atoms with Crippen molar-refractivity contribution in [3.05, 3.63) is 144 Å². The molecule has 0 amide bonds. The van der Waals surface area contributed by atoms with Gasteiger partial charge in [-0.2, -0.15) is 0 Å². The van der Waals surface area contributed by atoms with Crippen LogP contribution in [0, 0.1) is 0 Å². The first-order valence-corrected chi connectivity index (χ1v) is 16.6. The highest BCUT2D eigenvalue weighted by atomic mass is 32.2. The third-order valence-electron chi connectivity index (χ3n) is 8.37. The van der Waals surface area contributed by atoms with E-state index in [1.165, 1.54) is 6.92 Å². The Morgan fingerprint density at radius 2 is 0.918 bits per heavy atom. The molecule has 1 aliphatic rings. The van der Waals surface area contributed by atoms with Crippen molar-refractivity contribution in [1.29, 1.82) is 0 Å². The van der Waals surface area contributed by atoms with E-state index in [1.54, 1.807) is 36.4 Å². The lowest BCUT2D eigenvalue weighted by atomic mass is 10.1. The van der Waals surface area contributed by atoms with Gasteiger partial charge in [-0.3, -0.25) is 4.79 Å². The number of hydrogen-bond donors (Lipinski definition) is 0. The molecule has 1 fully saturated rings. The maximum Gasteiger partial charge on any atom is 0.338 e. The summed E-state index contributed by atoms with van der Waals surface area (Å²) < 4.78 is 23.4. The van der Waals surface area contributed by atoms with Gasteiger partial charge in [0.25, 0.3) is 0 Å². The van der Waals surface area contributed by atoms with E-state index in [1.807, 2.05) is 91.0 Å². The fraction of sp³-hybridized carbons (Fsp3) is 0.150. The van der Waals surface area contributed by atoms with Gasteiger partial charge in [-0.1, -0.05) is 91.0 Å². The van der Waals surface area contributed by atoms with Crippen LogP contribution < -0.4 is 0 Å². The first-order valence-electron chi connectivity index (χ1n) is 15.7. The number of ether oxygens (including phenoxy) is 4. The molecule has 49 heavy (non-hydrogen) atoms. The second-order valence-electron chi connectivity index (χ2n) is 11.7. The van der Waals surface area contributed by atoms with E-state index in [0.717, 1.165) is 44.1 Å². The van der Waals surface area contributed by atoms with E-state index in [-0.39, 0.29) is 17.7 Å². The van der Waals surface area contributed by atoms with Crippen LogP contribution in [0.4, 0.5) is 0 Å². The monoisotopic (exact) mass is 670 g/mol. The lowest BCUT2D eigenvalue weighted by Crippen LogP contribution is -2.42. The molecule has 7 rings (SSSR count). The zero-order valence-corrected chi connectivity index (χ0v) is 27.1. The van der Waals surface area contributed by atoms with Gasteiger partial charge in [-0.15, -0.1) is 11.8 Å². The summed E-state index contributed by atoms with van der Waals surface area (Å²) in [6, 6.07) is 38.4. The van der Waals surface area contributed by atoms with Crippen LogP contribution in [0.2, 0.25) is 0 Å². The van der Waals surface area contributed by atoms with Gasteiger partial charge in [-0.05, 0) is 68.7 Å². The topological polar surface area (TPSA) is 105 Å². The number of thioether (sulfide) groups is 1. The highest BCUT2D eigenvalue weighted by Gasteiger charge is 2.51. The zero-order chi connectivity index (χ0) is 33.9. The molecule has 0 saturated carbocycles. The molecule has 0 aromatic heterocycles. The maximum absolute atomic E-state index is 13.7. The highest BCUT2D eigenvalue weighted by Crippen LogP contribution is 2.40. The Morgan fingerprint density at radius 1 is 0.510 bits per heavy atom. The van der Waals surface area contributed by atoms with Crippen LogP contribution in [0.3, 0.4) is 0 Å². The molecule has 1 heterocycles. The van der Waals surface area contributed by atoms with Crippen LogP contribution in [-0.2, 0) is 23.7 Å². The van der Waals surface area contributed by atoms with E-state index in [9.17, 15) is 19.2 Å². The van der Waals surface area contributed by atoms with E-state index >= 15 is 0 Å². The minimum atomic E-state index is -1.21. The van der Waals surface area contributed by atoms with Crippen LogP contribution in [-0.4, -0.2) is 53.4 Å². The van der Waals surface area contributed by atoms with E-state index in [0.29, 0.717) is 5.56 Å². The van der Waals surface area contributed by atoms with Gasteiger partial charge in [0.05, 0.1) is 21.9 Å². The molecule has 9 heteroatoms. The quantitative estimate of drug-likeness (QED) is 0.119. The standard InChI is InChI=1S/C40H30O8S/c1-24(41)46-40-36(48-39(44)33-19-16-27-10-4-7-13-30(27)22-33)35(47-38(43)32-18-15-26-9-3-6-12-29(26)21-32)34(49-40)23-45-37(42)31-17-14-25-8-2-5-11-28(25)20-31/h2-22,34-36,40H,23H2,1H3/t34-,35-,36+,40?/m0/s1. The first kappa shape index (κ1) is 31.9. The molecular weight excluding hydrogens is 640 g/mol. The number of carbonyl (C=O) groups is 4. The van der Waals surface area contributed by atoms with E-state index < -0.39 is 46.8 Å². The van der Waals surface area contributed by atoms with Gasteiger partial charge in [0.1, 0.15) is 6.61 Å². The molecule has 6 aromatic carbocycles. The van der Waals surface area contributed by atoms with Crippen molar-refractivity contribution in [2.75, 3.05) is 6.61 Å². The van der Waals surface area contributed by atoms with Crippen molar-refractivity contribution in [3.8, 4) is 0 Å². The summed E-state index contributed by atoms with van der Waals surface area (Å²) in [6.45, 7) is 1.03.